The number of rotatable bonds is 8. The Morgan fingerprint density at radius 2 is 1.76 bits per heavy atom. The zero-order chi connectivity index (χ0) is 23.9. The molecule has 4 rings (SSSR count). The molecule has 0 bridgehead atoms. The Morgan fingerprint density at radius 3 is 2.44 bits per heavy atom. The summed E-state index contributed by atoms with van der Waals surface area (Å²) in [6, 6.07) is 12.0. The van der Waals surface area contributed by atoms with Crippen LogP contribution in [0.5, 0.6) is 17.2 Å². The molecule has 0 radical (unpaired) electrons. The summed E-state index contributed by atoms with van der Waals surface area (Å²) in [4.78, 5) is 28.3. The fourth-order valence-electron chi connectivity index (χ4n) is 4.60. The number of nitrogens with one attached hydrogen (secondary N) is 1. The molecule has 0 aromatic heterocycles. The number of carbonyl (C=O) groups is 2. The van der Waals surface area contributed by atoms with Crippen LogP contribution in [0.4, 0.5) is 0 Å². The Balaban J connectivity index is 1.65. The Kier molecular flexibility index (Phi) is 8.16. The van der Waals surface area contributed by atoms with Gasteiger partial charge in [0, 0.05) is 12.6 Å². The van der Waals surface area contributed by atoms with Gasteiger partial charge in [0.2, 0.25) is 18.6 Å². The summed E-state index contributed by atoms with van der Waals surface area (Å²) >= 11 is 6.02. The molecular formula is C26H31ClN2O5. The lowest BCUT2D eigenvalue weighted by Crippen LogP contribution is -2.46. The van der Waals surface area contributed by atoms with Crippen LogP contribution in [0.15, 0.2) is 42.5 Å². The predicted molar refractivity (Wildman–Crippen MR) is 129 cm³/mol. The van der Waals surface area contributed by atoms with Gasteiger partial charge in [0.25, 0.3) is 0 Å². The summed E-state index contributed by atoms with van der Waals surface area (Å²) in [6.07, 6.45) is 6.48. The molecule has 2 amide bonds. The molecule has 0 saturated heterocycles. The number of benzene rings is 2. The van der Waals surface area contributed by atoms with Crippen molar-refractivity contribution in [1.82, 2.24) is 10.2 Å². The molecule has 1 fully saturated rings. The molecule has 1 saturated carbocycles. The third-order valence-electron chi connectivity index (χ3n) is 6.42. The molecule has 34 heavy (non-hydrogen) atoms. The van der Waals surface area contributed by atoms with Crippen molar-refractivity contribution < 1.29 is 23.8 Å². The Hall–Kier alpha value is -2.93. The van der Waals surface area contributed by atoms with Crippen molar-refractivity contribution in [3.63, 3.8) is 0 Å². The predicted octanol–water partition coefficient (Wildman–Crippen LogP) is 4.57. The molecule has 1 atom stereocenters. The van der Waals surface area contributed by atoms with Gasteiger partial charge in [-0.15, -0.1) is 11.6 Å². The number of amides is 2. The van der Waals surface area contributed by atoms with Crippen molar-refractivity contribution in [3.8, 4) is 17.2 Å². The van der Waals surface area contributed by atoms with Crippen LogP contribution >= 0.6 is 11.6 Å². The molecule has 2 aromatic rings. The molecular weight excluding hydrogens is 456 g/mol. The topological polar surface area (TPSA) is 77.1 Å². The van der Waals surface area contributed by atoms with Crippen LogP contribution in [0.3, 0.4) is 0 Å². The van der Waals surface area contributed by atoms with Crippen LogP contribution in [-0.4, -0.2) is 42.5 Å². The van der Waals surface area contributed by atoms with E-state index in [2.05, 4.69) is 5.32 Å². The SMILES string of the molecule is COc1ccc(C(C(=O)NC2CCCCCC2)N(Cc2ccc3c(c2)OCO3)C(=O)CCl)cc1. The summed E-state index contributed by atoms with van der Waals surface area (Å²) in [6.45, 7) is 0.373. The van der Waals surface area contributed by atoms with Crippen LogP contribution in [0.1, 0.15) is 55.7 Å². The first kappa shape index (κ1) is 24.2. The lowest BCUT2D eigenvalue weighted by Gasteiger charge is -2.32. The fraction of sp³-hybridized carbons (Fsp3) is 0.462. The van der Waals surface area contributed by atoms with E-state index < -0.39 is 6.04 Å². The van der Waals surface area contributed by atoms with E-state index in [0.29, 0.717) is 22.8 Å². The van der Waals surface area contributed by atoms with Gasteiger partial charge < -0.3 is 24.4 Å². The zero-order valence-electron chi connectivity index (χ0n) is 19.4. The van der Waals surface area contributed by atoms with Crippen molar-refractivity contribution in [2.24, 2.45) is 0 Å². The van der Waals surface area contributed by atoms with Gasteiger partial charge in [-0.3, -0.25) is 9.59 Å². The number of carbonyl (C=O) groups excluding carboxylic acids is 2. The number of fused-ring (bicyclic) bond motifs is 1. The molecule has 1 N–H and O–H groups in total. The maximum Gasteiger partial charge on any atom is 0.247 e. The number of methoxy groups -OCH3 is 1. The summed E-state index contributed by atoms with van der Waals surface area (Å²) in [5.74, 6) is 1.22. The second-order valence-electron chi connectivity index (χ2n) is 8.72. The first-order valence-corrected chi connectivity index (χ1v) is 12.3. The van der Waals surface area contributed by atoms with E-state index in [1.54, 1.807) is 24.1 Å². The number of ether oxygens (including phenoxy) is 3. The first-order valence-electron chi connectivity index (χ1n) is 11.8. The quantitative estimate of drug-likeness (QED) is 0.437. The van der Waals surface area contributed by atoms with Crippen LogP contribution in [0.25, 0.3) is 0 Å². The largest absolute Gasteiger partial charge is 0.497 e. The van der Waals surface area contributed by atoms with E-state index in [0.717, 1.165) is 31.2 Å². The van der Waals surface area contributed by atoms with E-state index in [1.165, 1.54) is 12.8 Å². The first-order chi connectivity index (χ1) is 16.6. The van der Waals surface area contributed by atoms with E-state index in [4.69, 9.17) is 25.8 Å². The van der Waals surface area contributed by atoms with Crippen LogP contribution < -0.4 is 19.5 Å². The normalized spacial score (nSPS) is 16.4. The minimum Gasteiger partial charge on any atom is -0.497 e. The zero-order valence-corrected chi connectivity index (χ0v) is 20.2. The summed E-state index contributed by atoms with van der Waals surface area (Å²) < 4.78 is 16.2. The second kappa shape index (κ2) is 11.5. The van der Waals surface area contributed by atoms with Crippen molar-refractivity contribution >= 4 is 23.4 Å². The molecule has 1 aliphatic carbocycles. The highest BCUT2D eigenvalue weighted by Crippen LogP contribution is 2.34. The van der Waals surface area contributed by atoms with Gasteiger partial charge in [-0.05, 0) is 48.2 Å². The molecule has 2 aromatic carbocycles. The summed E-state index contributed by atoms with van der Waals surface area (Å²) in [5.41, 5.74) is 1.52. The van der Waals surface area contributed by atoms with E-state index in [1.807, 2.05) is 30.3 Å². The van der Waals surface area contributed by atoms with E-state index in [9.17, 15) is 9.59 Å². The molecule has 7 nitrogen and oxygen atoms in total. The minimum absolute atomic E-state index is 0.106. The molecule has 0 spiro atoms. The highest BCUT2D eigenvalue weighted by atomic mass is 35.5. The standard InChI is InChI=1S/C26H31ClN2O5/c1-32-21-11-9-19(10-12-21)25(26(31)28-20-6-4-2-3-5-7-20)29(24(30)15-27)16-18-8-13-22-23(14-18)34-17-33-22/h8-14,20,25H,2-7,15-17H2,1H3,(H,28,31). The molecule has 1 heterocycles. The van der Waals surface area contributed by atoms with Gasteiger partial charge in [0.1, 0.15) is 17.7 Å². The molecule has 1 aliphatic heterocycles. The molecule has 182 valence electrons. The van der Waals surface area contributed by atoms with Crippen molar-refractivity contribution in [2.75, 3.05) is 19.8 Å². The van der Waals surface area contributed by atoms with Crippen LogP contribution in [0.2, 0.25) is 0 Å². The second-order valence-corrected chi connectivity index (χ2v) is 8.98. The summed E-state index contributed by atoms with van der Waals surface area (Å²) in [7, 11) is 1.59. The lowest BCUT2D eigenvalue weighted by atomic mass is 10.0. The monoisotopic (exact) mass is 486 g/mol. The number of hydrogen-bond acceptors (Lipinski definition) is 5. The highest BCUT2D eigenvalue weighted by Gasteiger charge is 2.33. The number of hydrogen-bond donors (Lipinski definition) is 1. The lowest BCUT2D eigenvalue weighted by molar-refractivity contribution is -0.140. The third-order valence-corrected chi connectivity index (χ3v) is 6.65. The maximum absolute atomic E-state index is 13.7. The van der Waals surface area contributed by atoms with Crippen molar-refractivity contribution in [2.45, 2.75) is 57.2 Å². The fourth-order valence-corrected chi connectivity index (χ4v) is 4.75. The van der Waals surface area contributed by atoms with Gasteiger partial charge in [-0.2, -0.15) is 0 Å². The minimum atomic E-state index is -0.828. The average molecular weight is 487 g/mol. The summed E-state index contributed by atoms with van der Waals surface area (Å²) in [5, 5.41) is 3.22. The number of alkyl halides is 1. The van der Waals surface area contributed by atoms with Crippen molar-refractivity contribution in [3.05, 3.63) is 53.6 Å². The molecule has 8 heteroatoms. The Morgan fingerprint density at radius 1 is 1.06 bits per heavy atom. The molecule has 2 aliphatic rings. The van der Waals surface area contributed by atoms with Gasteiger partial charge in [0.15, 0.2) is 11.5 Å². The average Bonchev–Trinajstić information content (AvgIpc) is 3.18. The van der Waals surface area contributed by atoms with Gasteiger partial charge >= 0.3 is 0 Å². The Labute approximate surface area is 205 Å². The Bertz CT molecular complexity index is 989. The third kappa shape index (κ3) is 5.76. The van der Waals surface area contributed by atoms with Gasteiger partial charge in [0.05, 0.1) is 7.11 Å². The maximum atomic E-state index is 13.7. The molecule has 1 unspecified atom stereocenters. The number of halogens is 1. The van der Waals surface area contributed by atoms with Crippen molar-refractivity contribution in [1.29, 1.82) is 0 Å². The van der Waals surface area contributed by atoms with E-state index >= 15 is 0 Å². The number of nitrogens with zero attached hydrogens (tertiary/aromatic N) is 1. The van der Waals surface area contributed by atoms with Gasteiger partial charge in [-0.1, -0.05) is 43.9 Å². The van der Waals surface area contributed by atoms with E-state index in [-0.39, 0.29) is 37.1 Å². The van der Waals surface area contributed by atoms with Crippen LogP contribution in [0, 0.1) is 0 Å². The smallest absolute Gasteiger partial charge is 0.247 e. The van der Waals surface area contributed by atoms with Gasteiger partial charge in [-0.25, -0.2) is 0 Å². The highest BCUT2D eigenvalue weighted by molar-refractivity contribution is 6.27. The van der Waals surface area contributed by atoms with Crippen LogP contribution in [-0.2, 0) is 16.1 Å².